The number of anilines is 1. The fourth-order valence-electron chi connectivity index (χ4n) is 5.12. The molecule has 2 amide bonds. The molecule has 3 aromatic carbocycles. The zero-order valence-corrected chi connectivity index (χ0v) is 26.9. The van der Waals surface area contributed by atoms with Gasteiger partial charge in [0, 0.05) is 35.2 Å². The van der Waals surface area contributed by atoms with Gasteiger partial charge in [0.25, 0.3) is 0 Å². The van der Waals surface area contributed by atoms with Crippen LogP contribution < -0.4 is 9.64 Å². The molecule has 240 valence electrons. The Morgan fingerprint density at radius 1 is 1.09 bits per heavy atom. The first-order valence-corrected chi connectivity index (χ1v) is 16.0. The standard InChI is InChI=1S/C34H35F3N6O2S/c1-5-7-26-9-8-22(2)20-30(26)42-18-6-19-46-33(42)40-32(44)39-24(4)23(3)25-10-12-27(13-11-25)31-38-21-43(41-31)28-14-16-29(17-15-28)45-34(35,36)37/h8-17,20-21,23H,5-7,18-19H2,1-4H3. The van der Waals surface area contributed by atoms with Crippen molar-refractivity contribution in [3.8, 4) is 22.8 Å². The molecular formula is C34H35F3N6O2S. The Labute approximate surface area is 270 Å². The molecular weight excluding hydrogens is 613 g/mol. The summed E-state index contributed by atoms with van der Waals surface area (Å²) in [5.41, 5.74) is 6.44. The SMILES string of the molecule is CCCc1ccc(C)cc1N1CCCSC1=NC(=O)N=C(C)C(C)c1ccc(-c2ncn(-c3ccc(OC(F)(F)F)cc3)n2)cc1. The summed E-state index contributed by atoms with van der Waals surface area (Å²) in [4.78, 5) is 28.4. The Balaban J connectivity index is 1.27. The van der Waals surface area contributed by atoms with E-state index in [0.29, 0.717) is 22.4 Å². The third-order valence-corrected chi connectivity index (χ3v) is 8.69. The van der Waals surface area contributed by atoms with E-state index in [1.807, 2.05) is 38.1 Å². The van der Waals surface area contributed by atoms with Crippen LogP contribution in [-0.4, -0.2) is 50.3 Å². The minimum atomic E-state index is -4.75. The second-order valence-electron chi connectivity index (χ2n) is 11.1. The smallest absolute Gasteiger partial charge is 0.406 e. The molecule has 0 saturated carbocycles. The maximum atomic E-state index is 13.1. The monoisotopic (exact) mass is 648 g/mol. The van der Waals surface area contributed by atoms with Crippen LogP contribution in [0.5, 0.6) is 5.75 Å². The lowest BCUT2D eigenvalue weighted by molar-refractivity contribution is -0.274. The van der Waals surface area contributed by atoms with E-state index >= 15 is 0 Å². The molecule has 5 rings (SSSR count). The molecule has 46 heavy (non-hydrogen) atoms. The van der Waals surface area contributed by atoms with Crippen LogP contribution in [0.4, 0.5) is 23.7 Å². The molecule has 0 aliphatic carbocycles. The van der Waals surface area contributed by atoms with Crippen molar-refractivity contribution < 1.29 is 22.7 Å². The third-order valence-electron chi connectivity index (χ3n) is 7.62. The van der Waals surface area contributed by atoms with Crippen LogP contribution in [0.15, 0.2) is 83.0 Å². The van der Waals surface area contributed by atoms with Crippen molar-refractivity contribution in [1.29, 1.82) is 0 Å². The zero-order chi connectivity index (χ0) is 32.8. The molecule has 0 radical (unpaired) electrons. The third kappa shape index (κ3) is 8.22. The first-order valence-electron chi connectivity index (χ1n) is 15.1. The Morgan fingerprint density at radius 2 is 1.83 bits per heavy atom. The number of hydrogen-bond acceptors (Lipinski definition) is 5. The number of nitrogens with zero attached hydrogens (tertiary/aromatic N) is 6. The highest BCUT2D eigenvalue weighted by Crippen LogP contribution is 2.30. The summed E-state index contributed by atoms with van der Waals surface area (Å²) in [5, 5.41) is 5.15. The minimum Gasteiger partial charge on any atom is -0.406 e. The maximum Gasteiger partial charge on any atom is 0.573 e. The average molecular weight is 649 g/mol. The number of amides is 2. The Hall–Kier alpha value is -4.45. The molecule has 1 aliphatic heterocycles. The van der Waals surface area contributed by atoms with Gasteiger partial charge in [0.05, 0.1) is 5.69 Å². The highest BCUT2D eigenvalue weighted by atomic mass is 32.2. The van der Waals surface area contributed by atoms with Gasteiger partial charge >= 0.3 is 12.4 Å². The predicted octanol–water partition coefficient (Wildman–Crippen LogP) is 8.78. The van der Waals surface area contributed by atoms with Gasteiger partial charge in [-0.25, -0.2) is 19.5 Å². The van der Waals surface area contributed by atoms with E-state index in [4.69, 9.17) is 0 Å². The first kappa shape index (κ1) is 32.9. The van der Waals surface area contributed by atoms with Crippen LogP contribution in [0.2, 0.25) is 0 Å². The number of urea groups is 1. The number of ether oxygens (including phenoxy) is 1. The van der Waals surface area contributed by atoms with Gasteiger partial charge in [-0.2, -0.15) is 4.99 Å². The molecule has 8 nitrogen and oxygen atoms in total. The van der Waals surface area contributed by atoms with Gasteiger partial charge in [-0.1, -0.05) is 68.4 Å². The van der Waals surface area contributed by atoms with Crippen molar-refractivity contribution in [2.45, 2.75) is 59.2 Å². The van der Waals surface area contributed by atoms with Gasteiger partial charge in [0.15, 0.2) is 11.0 Å². The maximum absolute atomic E-state index is 13.1. The van der Waals surface area contributed by atoms with Crippen molar-refractivity contribution in [2.24, 2.45) is 9.98 Å². The number of aryl methyl sites for hydroxylation is 2. The van der Waals surface area contributed by atoms with Gasteiger partial charge in [-0.15, -0.1) is 18.3 Å². The van der Waals surface area contributed by atoms with E-state index in [0.717, 1.165) is 48.4 Å². The summed E-state index contributed by atoms with van der Waals surface area (Å²) in [6.45, 7) is 8.86. The lowest BCUT2D eigenvalue weighted by Gasteiger charge is -2.31. The van der Waals surface area contributed by atoms with Crippen LogP contribution in [0, 0.1) is 6.92 Å². The second-order valence-corrected chi connectivity index (χ2v) is 12.1. The Morgan fingerprint density at radius 3 is 2.52 bits per heavy atom. The topological polar surface area (TPSA) is 85.0 Å². The second kappa shape index (κ2) is 14.3. The Kier molecular flexibility index (Phi) is 10.3. The number of halogens is 3. The van der Waals surface area contributed by atoms with Crippen LogP contribution >= 0.6 is 11.8 Å². The van der Waals surface area contributed by atoms with Crippen molar-refractivity contribution >= 4 is 34.4 Å². The number of carbonyl (C=O) groups excluding carboxylic acids is 1. The molecule has 1 aromatic heterocycles. The summed E-state index contributed by atoms with van der Waals surface area (Å²) >= 11 is 1.59. The number of alkyl halides is 3. The lowest BCUT2D eigenvalue weighted by atomic mass is 9.96. The molecule has 0 bridgehead atoms. The van der Waals surface area contributed by atoms with Crippen LogP contribution in [-0.2, 0) is 6.42 Å². The highest BCUT2D eigenvalue weighted by Gasteiger charge is 2.31. The average Bonchev–Trinajstić information content (AvgIpc) is 3.52. The molecule has 0 N–H and O–H groups in total. The van der Waals surface area contributed by atoms with E-state index in [1.165, 1.54) is 46.4 Å². The van der Waals surface area contributed by atoms with E-state index in [1.54, 1.807) is 11.8 Å². The summed E-state index contributed by atoms with van der Waals surface area (Å²) in [7, 11) is 0. The zero-order valence-electron chi connectivity index (χ0n) is 26.1. The van der Waals surface area contributed by atoms with E-state index in [9.17, 15) is 18.0 Å². The number of hydrogen-bond donors (Lipinski definition) is 0. The number of aromatic nitrogens is 3. The fourth-order valence-corrected chi connectivity index (χ4v) is 6.06. The normalized spacial score (nSPS) is 15.7. The number of carbonyl (C=O) groups is 1. The summed E-state index contributed by atoms with van der Waals surface area (Å²) in [5.74, 6) is 0.909. The number of rotatable bonds is 8. The van der Waals surface area contributed by atoms with E-state index in [-0.39, 0.29) is 11.7 Å². The molecule has 1 atom stereocenters. The van der Waals surface area contributed by atoms with Gasteiger partial charge < -0.3 is 9.64 Å². The van der Waals surface area contributed by atoms with Gasteiger partial charge in [0.1, 0.15) is 12.1 Å². The van der Waals surface area contributed by atoms with Crippen molar-refractivity contribution in [1.82, 2.24) is 14.8 Å². The molecule has 1 saturated heterocycles. The van der Waals surface area contributed by atoms with Crippen LogP contribution in [0.1, 0.15) is 56.2 Å². The largest absolute Gasteiger partial charge is 0.573 e. The predicted molar refractivity (Wildman–Crippen MR) is 177 cm³/mol. The van der Waals surface area contributed by atoms with Gasteiger partial charge in [-0.05, 0) is 73.7 Å². The minimum absolute atomic E-state index is 0.135. The molecule has 1 fully saturated rings. The molecule has 1 aliphatic rings. The van der Waals surface area contributed by atoms with E-state index < -0.39 is 12.4 Å². The quantitative estimate of drug-likeness (QED) is 0.178. The molecule has 2 heterocycles. The van der Waals surface area contributed by atoms with Gasteiger partial charge in [-0.3, -0.25) is 0 Å². The number of thioether (sulfide) groups is 1. The van der Waals surface area contributed by atoms with Crippen LogP contribution in [0.3, 0.4) is 0 Å². The van der Waals surface area contributed by atoms with Crippen molar-refractivity contribution in [3.63, 3.8) is 0 Å². The van der Waals surface area contributed by atoms with Crippen molar-refractivity contribution in [3.05, 3.63) is 89.7 Å². The fraction of sp³-hybridized carbons (Fsp3) is 0.324. The molecule has 1 unspecified atom stereocenters. The number of amidine groups is 1. The van der Waals surface area contributed by atoms with E-state index in [2.05, 4.69) is 61.8 Å². The number of aliphatic imine (C=N–C) groups is 2. The van der Waals surface area contributed by atoms with Gasteiger partial charge in [0.2, 0.25) is 0 Å². The highest BCUT2D eigenvalue weighted by molar-refractivity contribution is 8.14. The molecule has 0 spiro atoms. The molecule has 12 heteroatoms. The Bertz CT molecular complexity index is 1730. The lowest BCUT2D eigenvalue weighted by Crippen LogP contribution is -2.35. The summed E-state index contributed by atoms with van der Waals surface area (Å²) in [6, 6.07) is 19.0. The summed E-state index contributed by atoms with van der Waals surface area (Å²) < 4.78 is 42.7. The van der Waals surface area contributed by atoms with Crippen LogP contribution in [0.25, 0.3) is 17.1 Å². The summed E-state index contributed by atoms with van der Waals surface area (Å²) in [6.07, 6.45) is -0.259. The molecule has 4 aromatic rings. The number of benzene rings is 3. The first-order chi connectivity index (χ1) is 22.0. The van der Waals surface area contributed by atoms with Crippen molar-refractivity contribution in [2.75, 3.05) is 17.2 Å².